The normalized spacial score (nSPS) is 12.0. The van der Waals surface area contributed by atoms with Crippen molar-refractivity contribution in [1.29, 1.82) is 0 Å². The minimum Gasteiger partial charge on any atom is -0.0730 e. The lowest BCUT2D eigenvalue weighted by molar-refractivity contribution is 1.11. The number of rotatable bonds is 2. The summed E-state index contributed by atoms with van der Waals surface area (Å²) in [5, 5.41) is 2.57. The summed E-state index contributed by atoms with van der Waals surface area (Å²) in [4.78, 5) is 0. The molecule has 0 heterocycles. The molecule has 0 atom stereocenters. The number of fused-ring (bicyclic) bond motifs is 1. The number of allylic oxidation sites excluding steroid dienone is 1. The summed E-state index contributed by atoms with van der Waals surface area (Å²) in [5.41, 5.74) is 2.72. The summed E-state index contributed by atoms with van der Waals surface area (Å²) in [7, 11) is 0. The van der Waals surface area contributed by atoms with Gasteiger partial charge in [0.05, 0.1) is 0 Å². The Kier molecular flexibility index (Phi) is 2.86. The van der Waals surface area contributed by atoms with Gasteiger partial charge in [0, 0.05) is 0 Å². The van der Waals surface area contributed by atoms with Crippen LogP contribution < -0.4 is 0 Å². The molecule has 2 aromatic rings. The van der Waals surface area contributed by atoms with Gasteiger partial charge in [0.15, 0.2) is 0 Å². The van der Waals surface area contributed by atoms with Crippen LogP contribution in [0.2, 0.25) is 0 Å². The van der Waals surface area contributed by atoms with Gasteiger partial charge in [0.25, 0.3) is 0 Å². The molecule has 0 fully saturated rings. The molecule has 1 radical (unpaired) electrons. The summed E-state index contributed by atoms with van der Waals surface area (Å²) < 4.78 is 0. The SMILES string of the molecule is CCC(C)=Cc1cccc2c[c]ccc12. The monoisotopic (exact) mass is 195 g/mol. The highest BCUT2D eigenvalue weighted by atomic mass is 14.0. The molecule has 0 amide bonds. The topological polar surface area (TPSA) is 0 Å². The molecule has 0 aliphatic rings. The quantitative estimate of drug-likeness (QED) is 0.664. The minimum absolute atomic E-state index is 1.11. The number of hydrogen-bond donors (Lipinski definition) is 0. The fraction of sp³-hybridized carbons (Fsp3) is 0.200. The summed E-state index contributed by atoms with van der Waals surface area (Å²) in [6.45, 7) is 4.36. The zero-order valence-electron chi connectivity index (χ0n) is 9.25. The maximum atomic E-state index is 3.11. The van der Waals surface area contributed by atoms with Gasteiger partial charge in [-0.25, -0.2) is 0 Å². The Labute approximate surface area is 91.2 Å². The molecule has 2 rings (SSSR count). The van der Waals surface area contributed by atoms with Crippen molar-refractivity contribution in [3.05, 3.63) is 53.6 Å². The Bertz CT molecular complexity index is 487. The van der Waals surface area contributed by atoms with Crippen molar-refractivity contribution in [3.8, 4) is 0 Å². The minimum atomic E-state index is 1.11. The van der Waals surface area contributed by atoms with E-state index in [0.29, 0.717) is 0 Å². The third-order valence-corrected chi connectivity index (χ3v) is 2.72. The fourth-order valence-electron chi connectivity index (χ4n) is 1.68. The van der Waals surface area contributed by atoms with E-state index in [4.69, 9.17) is 0 Å². The molecule has 75 valence electrons. The van der Waals surface area contributed by atoms with Crippen LogP contribution in [0.4, 0.5) is 0 Å². The lowest BCUT2D eigenvalue weighted by atomic mass is 10.0. The molecule has 0 spiro atoms. The summed E-state index contributed by atoms with van der Waals surface area (Å²) in [6.07, 6.45) is 3.37. The lowest BCUT2D eigenvalue weighted by Crippen LogP contribution is -1.79. The first-order valence-corrected chi connectivity index (χ1v) is 5.37. The zero-order valence-corrected chi connectivity index (χ0v) is 9.25. The number of hydrogen-bond acceptors (Lipinski definition) is 0. The molecule has 0 aliphatic carbocycles. The van der Waals surface area contributed by atoms with Crippen LogP contribution in [-0.2, 0) is 0 Å². The van der Waals surface area contributed by atoms with Crippen LogP contribution in [0.25, 0.3) is 16.8 Å². The highest BCUT2D eigenvalue weighted by molar-refractivity contribution is 5.90. The predicted molar refractivity (Wildman–Crippen MR) is 66.7 cm³/mol. The molecule has 0 unspecified atom stereocenters. The Hall–Kier alpha value is -1.56. The van der Waals surface area contributed by atoms with E-state index in [-0.39, 0.29) is 0 Å². The molecule has 2 aromatic carbocycles. The first kappa shape index (κ1) is 9.97. The standard InChI is InChI=1S/C15H15/c1-3-12(2)11-14-9-6-8-13-7-4-5-10-15(13)14/h5-11H,3H2,1-2H3. The Morgan fingerprint density at radius 1 is 1.33 bits per heavy atom. The van der Waals surface area contributed by atoms with Crippen LogP contribution in [0.3, 0.4) is 0 Å². The largest absolute Gasteiger partial charge is 0.0730 e. The van der Waals surface area contributed by atoms with Gasteiger partial charge in [-0.1, -0.05) is 48.9 Å². The van der Waals surface area contributed by atoms with Gasteiger partial charge in [-0.3, -0.25) is 0 Å². The summed E-state index contributed by atoms with van der Waals surface area (Å²) in [6, 6.07) is 15.6. The maximum absolute atomic E-state index is 3.11. The smallest absolute Gasteiger partial charge is 0.0111 e. The van der Waals surface area contributed by atoms with Crippen molar-refractivity contribution in [2.45, 2.75) is 20.3 Å². The van der Waals surface area contributed by atoms with Crippen molar-refractivity contribution in [2.24, 2.45) is 0 Å². The summed E-state index contributed by atoms with van der Waals surface area (Å²) >= 11 is 0. The molecule has 0 bridgehead atoms. The lowest BCUT2D eigenvalue weighted by Gasteiger charge is -2.03. The van der Waals surface area contributed by atoms with E-state index in [1.54, 1.807) is 0 Å². The van der Waals surface area contributed by atoms with E-state index in [0.717, 1.165) is 6.42 Å². The van der Waals surface area contributed by atoms with Crippen LogP contribution in [0.1, 0.15) is 25.8 Å². The molecule has 15 heavy (non-hydrogen) atoms. The molecular formula is C15H15. The van der Waals surface area contributed by atoms with Crippen molar-refractivity contribution in [2.75, 3.05) is 0 Å². The van der Waals surface area contributed by atoms with E-state index in [2.05, 4.69) is 50.3 Å². The van der Waals surface area contributed by atoms with Gasteiger partial charge in [-0.05, 0) is 41.8 Å². The second kappa shape index (κ2) is 4.31. The molecule has 0 heteroatoms. The second-order valence-electron chi connectivity index (χ2n) is 3.84. The zero-order chi connectivity index (χ0) is 10.7. The molecule has 0 aromatic heterocycles. The fourth-order valence-corrected chi connectivity index (χ4v) is 1.68. The Morgan fingerprint density at radius 3 is 3.00 bits per heavy atom. The molecule has 0 nitrogen and oxygen atoms in total. The van der Waals surface area contributed by atoms with Gasteiger partial charge in [-0.15, -0.1) is 0 Å². The Balaban J connectivity index is 2.61. The molecule has 0 saturated heterocycles. The van der Waals surface area contributed by atoms with Gasteiger partial charge >= 0.3 is 0 Å². The van der Waals surface area contributed by atoms with E-state index < -0.39 is 0 Å². The predicted octanol–water partition coefficient (Wildman–Crippen LogP) is 4.45. The van der Waals surface area contributed by atoms with E-state index >= 15 is 0 Å². The third-order valence-electron chi connectivity index (χ3n) is 2.72. The number of benzene rings is 2. The molecule has 0 saturated carbocycles. The first-order valence-electron chi connectivity index (χ1n) is 5.37. The third kappa shape index (κ3) is 2.10. The second-order valence-corrected chi connectivity index (χ2v) is 3.84. The van der Waals surface area contributed by atoms with Crippen molar-refractivity contribution >= 4 is 16.8 Å². The average molecular weight is 195 g/mol. The van der Waals surface area contributed by atoms with Gasteiger partial charge in [-0.2, -0.15) is 0 Å². The van der Waals surface area contributed by atoms with Crippen molar-refractivity contribution in [3.63, 3.8) is 0 Å². The Morgan fingerprint density at radius 2 is 2.20 bits per heavy atom. The molecule has 0 aliphatic heterocycles. The highest BCUT2D eigenvalue weighted by Crippen LogP contribution is 2.21. The summed E-state index contributed by atoms with van der Waals surface area (Å²) in [5.74, 6) is 0. The average Bonchev–Trinajstić information content (AvgIpc) is 2.29. The van der Waals surface area contributed by atoms with Crippen LogP contribution in [-0.4, -0.2) is 0 Å². The molecule has 0 N–H and O–H groups in total. The van der Waals surface area contributed by atoms with E-state index in [9.17, 15) is 0 Å². The molecular weight excluding hydrogens is 180 g/mol. The van der Waals surface area contributed by atoms with Crippen LogP contribution >= 0.6 is 0 Å². The first-order chi connectivity index (χ1) is 7.31. The van der Waals surface area contributed by atoms with E-state index in [1.807, 2.05) is 12.1 Å². The van der Waals surface area contributed by atoms with Crippen molar-refractivity contribution < 1.29 is 0 Å². The van der Waals surface area contributed by atoms with Gasteiger partial charge in [0.1, 0.15) is 0 Å². The van der Waals surface area contributed by atoms with E-state index in [1.165, 1.54) is 21.9 Å². The van der Waals surface area contributed by atoms with Gasteiger partial charge < -0.3 is 0 Å². The van der Waals surface area contributed by atoms with Gasteiger partial charge in [0.2, 0.25) is 0 Å². The highest BCUT2D eigenvalue weighted by Gasteiger charge is 1.97. The van der Waals surface area contributed by atoms with Crippen molar-refractivity contribution in [1.82, 2.24) is 0 Å². The maximum Gasteiger partial charge on any atom is -0.0111 e. The van der Waals surface area contributed by atoms with Crippen LogP contribution in [0.5, 0.6) is 0 Å². The van der Waals surface area contributed by atoms with Crippen LogP contribution in [0.15, 0.2) is 42.0 Å². The van der Waals surface area contributed by atoms with Crippen LogP contribution in [0, 0.1) is 6.07 Å².